The van der Waals surface area contributed by atoms with E-state index in [1.54, 1.807) is 0 Å². The van der Waals surface area contributed by atoms with Crippen LogP contribution in [-0.4, -0.2) is 25.0 Å². The standard InChI is InChI=1S/C15H25BrN2/c1-4-8-15(2,11-17)12-18(3)10-13-6-5-7-14(16)9-13/h5-7,9H,4,8,10-12,17H2,1-3H3. The van der Waals surface area contributed by atoms with E-state index in [-0.39, 0.29) is 5.41 Å². The van der Waals surface area contributed by atoms with E-state index < -0.39 is 0 Å². The van der Waals surface area contributed by atoms with Gasteiger partial charge in [-0.3, -0.25) is 0 Å². The molecule has 0 aromatic heterocycles. The predicted octanol–water partition coefficient (Wildman–Crippen LogP) is 3.65. The van der Waals surface area contributed by atoms with Gasteiger partial charge in [-0.25, -0.2) is 0 Å². The summed E-state index contributed by atoms with van der Waals surface area (Å²) in [5, 5.41) is 0. The second-order valence-electron chi connectivity index (χ2n) is 5.57. The molecule has 0 saturated heterocycles. The number of hydrogen-bond acceptors (Lipinski definition) is 2. The van der Waals surface area contributed by atoms with Crippen molar-refractivity contribution >= 4 is 15.9 Å². The predicted molar refractivity (Wildman–Crippen MR) is 82.5 cm³/mol. The lowest BCUT2D eigenvalue weighted by Crippen LogP contribution is -2.38. The van der Waals surface area contributed by atoms with E-state index >= 15 is 0 Å². The average molecular weight is 313 g/mol. The SMILES string of the molecule is CCCC(C)(CN)CN(C)Cc1cccc(Br)c1. The Labute approximate surface area is 120 Å². The lowest BCUT2D eigenvalue weighted by Gasteiger charge is -2.32. The Balaban J connectivity index is 2.57. The summed E-state index contributed by atoms with van der Waals surface area (Å²) in [4.78, 5) is 2.37. The van der Waals surface area contributed by atoms with Gasteiger partial charge in [0.25, 0.3) is 0 Å². The minimum absolute atomic E-state index is 0.232. The van der Waals surface area contributed by atoms with Gasteiger partial charge in [0, 0.05) is 17.6 Å². The molecule has 0 amide bonds. The van der Waals surface area contributed by atoms with Crippen LogP contribution in [0, 0.1) is 5.41 Å². The molecule has 0 bridgehead atoms. The van der Waals surface area contributed by atoms with Gasteiger partial charge in [-0.2, -0.15) is 0 Å². The largest absolute Gasteiger partial charge is 0.330 e. The molecular weight excluding hydrogens is 288 g/mol. The third kappa shape index (κ3) is 5.09. The molecule has 0 aliphatic heterocycles. The Bertz CT molecular complexity index is 367. The molecule has 0 spiro atoms. The summed E-state index contributed by atoms with van der Waals surface area (Å²) in [5.41, 5.74) is 7.49. The minimum atomic E-state index is 0.232. The van der Waals surface area contributed by atoms with Gasteiger partial charge in [0.15, 0.2) is 0 Å². The number of nitrogens with zero attached hydrogens (tertiary/aromatic N) is 1. The molecule has 0 aliphatic rings. The summed E-state index contributed by atoms with van der Waals surface area (Å²) >= 11 is 3.51. The zero-order chi connectivity index (χ0) is 13.6. The van der Waals surface area contributed by atoms with Gasteiger partial charge in [0.05, 0.1) is 0 Å². The summed E-state index contributed by atoms with van der Waals surface area (Å²) < 4.78 is 1.14. The van der Waals surface area contributed by atoms with Gasteiger partial charge >= 0.3 is 0 Å². The zero-order valence-corrected chi connectivity index (χ0v) is 13.3. The molecule has 0 heterocycles. The molecule has 0 saturated carbocycles. The van der Waals surface area contributed by atoms with E-state index in [1.165, 1.54) is 18.4 Å². The second-order valence-corrected chi connectivity index (χ2v) is 6.48. The minimum Gasteiger partial charge on any atom is -0.330 e. The molecule has 3 heteroatoms. The highest BCUT2D eigenvalue weighted by atomic mass is 79.9. The van der Waals surface area contributed by atoms with Gasteiger partial charge in [-0.05, 0) is 43.1 Å². The van der Waals surface area contributed by atoms with Crippen molar-refractivity contribution in [1.82, 2.24) is 4.90 Å². The third-order valence-electron chi connectivity index (χ3n) is 3.34. The van der Waals surface area contributed by atoms with E-state index in [9.17, 15) is 0 Å². The molecule has 1 unspecified atom stereocenters. The molecule has 0 fully saturated rings. The van der Waals surface area contributed by atoms with E-state index in [1.807, 2.05) is 0 Å². The maximum Gasteiger partial charge on any atom is 0.0231 e. The van der Waals surface area contributed by atoms with Crippen molar-refractivity contribution in [2.75, 3.05) is 20.1 Å². The van der Waals surface area contributed by atoms with E-state index in [0.29, 0.717) is 0 Å². The summed E-state index contributed by atoms with van der Waals surface area (Å²) in [6.45, 7) is 7.28. The molecule has 0 radical (unpaired) electrons. The van der Waals surface area contributed by atoms with Crippen molar-refractivity contribution in [2.24, 2.45) is 11.1 Å². The van der Waals surface area contributed by atoms with Crippen LogP contribution in [-0.2, 0) is 6.54 Å². The van der Waals surface area contributed by atoms with Gasteiger partial charge in [-0.1, -0.05) is 48.3 Å². The quantitative estimate of drug-likeness (QED) is 0.832. The van der Waals surface area contributed by atoms with E-state index in [2.05, 4.69) is 66.0 Å². The maximum absolute atomic E-state index is 5.92. The normalized spacial score (nSPS) is 14.8. The molecule has 2 nitrogen and oxygen atoms in total. The number of rotatable bonds is 7. The smallest absolute Gasteiger partial charge is 0.0231 e. The van der Waals surface area contributed by atoms with Crippen molar-refractivity contribution in [3.05, 3.63) is 34.3 Å². The van der Waals surface area contributed by atoms with Crippen LogP contribution in [0.3, 0.4) is 0 Å². The van der Waals surface area contributed by atoms with Gasteiger partial charge < -0.3 is 10.6 Å². The second kappa shape index (κ2) is 7.27. The highest BCUT2D eigenvalue weighted by Gasteiger charge is 2.23. The van der Waals surface area contributed by atoms with Gasteiger partial charge in [0.2, 0.25) is 0 Å². The third-order valence-corrected chi connectivity index (χ3v) is 3.83. The fourth-order valence-electron chi connectivity index (χ4n) is 2.50. The molecule has 1 rings (SSSR count). The first-order chi connectivity index (χ1) is 8.49. The lowest BCUT2D eigenvalue weighted by atomic mass is 9.85. The van der Waals surface area contributed by atoms with Crippen LogP contribution in [0.4, 0.5) is 0 Å². The average Bonchev–Trinajstić information content (AvgIpc) is 2.29. The fourth-order valence-corrected chi connectivity index (χ4v) is 2.95. The molecule has 0 aliphatic carbocycles. The van der Waals surface area contributed by atoms with Crippen LogP contribution >= 0.6 is 15.9 Å². The zero-order valence-electron chi connectivity index (χ0n) is 11.7. The maximum atomic E-state index is 5.92. The molecule has 2 N–H and O–H groups in total. The fraction of sp³-hybridized carbons (Fsp3) is 0.600. The van der Waals surface area contributed by atoms with Crippen LogP contribution in [0.1, 0.15) is 32.3 Å². The molecular formula is C15H25BrN2. The lowest BCUT2D eigenvalue weighted by molar-refractivity contribution is 0.179. The van der Waals surface area contributed by atoms with Gasteiger partial charge in [-0.15, -0.1) is 0 Å². The van der Waals surface area contributed by atoms with Crippen LogP contribution < -0.4 is 5.73 Å². The summed E-state index contributed by atoms with van der Waals surface area (Å²) in [6, 6.07) is 8.49. The monoisotopic (exact) mass is 312 g/mol. The Hall–Kier alpha value is -0.380. The number of benzene rings is 1. The van der Waals surface area contributed by atoms with Crippen LogP contribution in [0.25, 0.3) is 0 Å². The van der Waals surface area contributed by atoms with Crippen LogP contribution in [0.5, 0.6) is 0 Å². The van der Waals surface area contributed by atoms with E-state index in [4.69, 9.17) is 5.73 Å². The first kappa shape index (κ1) is 15.7. The topological polar surface area (TPSA) is 29.3 Å². The van der Waals surface area contributed by atoms with Crippen LogP contribution in [0.2, 0.25) is 0 Å². The summed E-state index contributed by atoms with van der Waals surface area (Å²) in [5.74, 6) is 0. The first-order valence-electron chi connectivity index (χ1n) is 6.62. The Kier molecular flexibility index (Phi) is 6.33. The Morgan fingerprint density at radius 1 is 1.39 bits per heavy atom. The van der Waals surface area contributed by atoms with Crippen molar-refractivity contribution in [2.45, 2.75) is 33.2 Å². The number of halogens is 1. The molecule has 1 atom stereocenters. The van der Waals surface area contributed by atoms with Crippen molar-refractivity contribution in [3.8, 4) is 0 Å². The summed E-state index contributed by atoms with van der Waals surface area (Å²) in [6.07, 6.45) is 2.38. The highest BCUT2D eigenvalue weighted by molar-refractivity contribution is 9.10. The molecule has 1 aromatic carbocycles. The van der Waals surface area contributed by atoms with Crippen molar-refractivity contribution in [3.63, 3.8) is 0 Å². The molecule has 18 heavy (non-hydrogen) atoms. The van der Waals surface area contributed by atoms with Crippen molar-refractivity contribution in [1.29, 1.82) is 0 Å². The first-order valence-corrected chi connectivity index (χ1v) is 7.41. The van der Waals surface area contributed by atoms with Gasteiger partial charge in [0.1, 0.15) is 0 Å². The van der Waals surface area contributed by atoms with Crippen LogP contribution in [0.15, 0.2) is 28.7 Å². The Morgan fingerprint density at radius 3 is 2.67 bits per heavy atom. The highest BCUT2D eigenvalue weighted by Crippen LogP contribution is 2.23. The number of hydrogen-bond donors (Lipinski definition) is 1. The Morgan fingerprint density at radius 2 is 2.11 bits per heavy atom. The number of nitrogens with two attached hydrogens (primary N) is 1. The molecule has 1 aromatic rings. The summed E-state index contributed by atoms with van der Waals surface area (Å²) in [7, 11) is 2.17. The van der Waals surface area contributed by atoms with Crippen molar-refractivity contribution < 1.29 is 0 Å². The molecule has 102 valence electrons. The van der Waals surface area contributed by atoms with E-state index in [0.717, 1.165) is 24.1 Å².